The number of hydrogen-bond donors (Lipinski definition) is 1. The molecule has 1 aliphatic heterocycles. The number of nitrogens with one attached hydrogen (secondary N) is 1. The Morgan fingerprint density at radius 2 is 2.07 bits per heavy atom. The van der Waals surface area contributed by atoms with Crippen LogP contribution < -0.4 is 10.1 Å². The Bertz CT molecular complexity index is 1040. The molecule has 6 nitrogen and oxygen atoms in total. The number of ether oxygens (including phenoxy) is 1. The van der Waals surface area contributed by atoms with E-state index in [0.29, 0.717) is 30.3 Å². The van der Waals surface area contributed by atoms with Crippen molar-refractivity contribution in [1.29, 1.82) is 0 Å². The minimum Gasteiger partial charge on any atom is -0.496 e. The molecule has 2 aromatic carbocycles. The number of piperazine rings is 1. The van der Waals surface area contributed by atoms with Crippen molar-refractivity contribution >= 4 is 44.0 Å². The molecule has 0 aliphatic carbocycles. The highest BCUT2D eigenvalue weighted by molar-refractivity contribution is 7.89. The number of para-hydroxylation sites is 1. The summed E-state index contributed by atoms with van der Waals surface area (Å²) >= 11 is 1.44. The molecule has 1 atom stereocenters. The van der Waals surface area contributed by atoms with Crippen LogP contribution in [0.5, 0.6) is 5.75 Å². The molecule has 9 heteroatoms. The maximum Gasteiger partial charge on any atom is 0.243 e. The van der Waals surface area contributed by atoms with Crippen LogP contribution in [0.4, 0.5) is 0 Å². The van der Waals surface area contributed by atoms with Gasteiger partial charge in [-0.1, -0.05) is 18.2 Å². The Balaban J connectivity index is 0.00000210. The van der Waals surface area contributed by atoms with Crippen LogP contribution >= 0.6 is 23.7 Å². The first-order chi connectivity index (χ1) is 12.6. The lowest BCUT2D eigenvalue weighted by atomic mass is 10.0. The summed E-state index contributed by atoms with van der Waals surface area (Å²) in [7, 11) is -2.03. The summed E-state index contributed by atoms with van der Waals surface area (Å²) in [5.41, 5.74) is 3.41. The number of thiazole rings is 1. The van der Waals surface area contributed by atoms with Gasteiger partial charge in [0.05, 0.1) is 33.8 Å². The first-order valence-corrected chi connectivity index (χ1v) is 10.6. The number of halogens is 1. The van der Waals surface area contributed by atoms with Crippen molar-refractivity contribution < 1.29 is 13.2 Å². The Morgan fingerprint density at radius 3 is 2.89 bits per heavy atom. The average molecular weight is 426 g/mol. The molecule has 2 heterocycles. The van der Waals surface area contributed by atoms with E-state index < -0.39 is 10.0 Å². The van der Waals surface area contributed by atoms with Crippen LogP contribution in [0.15, 0.2) is 52.9 Å². The van der Waals surface area contributed by atoms with Gasteiger partial charge < -0.3 is 10.1 Å². The highest BCUT2D eigenvalue weighted by Gasteiger charge is 2.35. The van der Waals surface area contributed by atoms with Gasteiger partial charge in [0, 0.05) is 25.2 Å². The predicted molar refractivity (Wildman–Crippen MR) is 109 cm³/mol. The minimum absolute atomic E-state index is 0. The fourth-order valence-corrected chi connectivity index (χ4v) is 5.73. The van der Waals surface area contributed by atoms with Crippen LogP contribution in [0.1, 0.15) is 11.6 Å². The number of nitrogens with zero attached hydrogens (tertiary/aromatic N) is 2. The van der Waals surface area contributed by atoms with Crippen molar-refractivity contribution in [2.45, 2.75) is 10.9 Å². The molecule has 0 saturated carbocycles. The largest absolute Gasteiger partial charge is 0.496 e. The Hall–Kier alpha value is -1.71. The number of rotatable bonds is 4. The van der Waals surface area contributed by atoms with E-state index in [1.165, 1.54) is 11.3 Å². The van der Waals surface area contributed by atoms with E-state index in [1.54, 1.807) is 35.1 Å². The second-order valence-electron chi connectivity index (χ2n) is 6.06. The van der Waals surface area contributed by atoms with E-state index in [2.05, 4.69) is 10.3 Å². The normalized spacial score (nSPS) is 18.2. The Kier molecular flexibility index (Phi) is 6.02. The number of hydrogen-bond acceptors (Lipinski definition) is 6. The summed E-state index contributed by atoms with van der Waals surface area (Å²) in [6.45, 7) is 1.57. The van der Waals surface area contributed by atoms with Gasteiger partial charge in [0.1, 0.15) is 5.75 Å². The monoisotopic (exact) mass is 425 g/mol. The molecule has 1 aromatic heterocycles. The van der Waals surface area contributed by atoms with Gasteiger partial charge in [0.25, 0.3) is 0 Å². The van der Waals surface area contributed by atoms with Gasteiger partial charge in [-0.3, -0.25) is 0 Å². The number of sulfonamides is 1. The van der Waals surface area contributed by atoms with Gasteiger partial charge in [-0.2, -0.15) is 4.31 Å². The topological polar surface area (TPSA) is 71.5 Å². The van der Waals surface area contributed by atoms with Crippen LogP contribution in [-0.4, -0.2) is 44.5 Å². The number of fused-ring (bicyclic) bond motifs is 1. The molecular weight excluding hydrogens is 406 g/mol. The highest BCUT2D eigenvalue weighted by Crippen LogP contribution is 2.34. The fraction of sp³-hybridized carbons (Fsp3) is 0.278. The molecule has 0 bridgehead atoms. The van der Waals surface area contributed by atoms with Crippen molar-refractivity contribution in [3.63, 3.8) is 0 Å². The summed E-state index contributed by atoms with van der Waals surface area (Å²) in [4.78, 5) is 4.53. The number of aromatic nitrogens is 1. The van der Waals surface area contributed by atoms with Gasteiger partial charge in [-0.15, -0.1) is 23.7 Å². The fourth-order valence-electron chi connectivity index (χ4n) is 3.31. The average Bonchev–Trinajstić information content (AvgIpc) is 3.16. The van der Waals surface area contributed by atoms with E-state index >= 15 is 0 Å². The molecule has 0 radical (unpaired) electrons. The molecule has 144 valence electrons. The molecule has 4 rings (SSSR count). The van der Waals surface area contributed by atoms with Gasteiger partial charge in [0.2, 0.25) is 10.0 Å². The van der Waals surface area contributed by atoms with Crippen molar-refractivity contribution in [2.24, 2.45) is 0 Å². The minimum atomic E-state index is -3.64. The smallest absolute Gasteiger partial charge is 0.243 e. The third-order valence-electron chi connectivity index (χ3n) is 4.60. The number of benzene rings is 2. The lowest BCUT2D eigenvalue weighted by Gasteiger charge is -2.36. The van der Waals surface area contributed by atoms with Crippen molar-refractivity contribution in [3.8, 4) is 5.75 Å². The van der Waals surface area contributed by atoms with E-state index in [-0.39, 0.29) is 18.4 Å². The standard InChI is InChI=1S/C18H19N3O3S2.ClH/c1-24-17-5-3-2-4-14(17)16-11-19-8-9-21(16)26(22,23)13-6-7-15-18(10-13)25-12-20-15;/h2-7,10,12,16,19H,8-9,11H2,1H3;1H. The van der Waals surface area contributed by atoms with Crippen LogP contribution in [-0.2, 0) is 10.0 Å². The zero-order valence-corrected chi connectivity index (χ0v) is 17.1. The third kappa shape index (κ3) is 3.68. The van der Waals surface area contributed by atoms with Gasteiger partial charge in [-0.05, 0) is 24.3 Å². The molecule has 1 aliphatic rings. The summed E-state index contributed by atoms with van der Waals surface area (Å²) < 4.78 is 34.7. The van der Waals surface area contributed by atoms with Gasteiger partial charge in [-0.25, -0.2) is 13.4 Å². The summed E-state index contributed by atoms with van der Waals surface area (Å²) in [5.74, 6) is 0.694. The molecule has 27 heavy (non-hydrogen) atoms. The molecule has 3 aromatic rings. The molecule has 1 saturated heterocycles. The van der Waals surface area contributed by atoms with Gasteiger partial charge in [0.15, 0.2) is 0 Å². The van der Waals surface area contributed by atoms with E-state index in [4.69, 9.17) is 4.74 Å². The van der Waals surface area contributed by atoms with Crippen molar-refractivity contribution in [1.82, 2.24) is 14.6 Å². The van der Waals surface area contributed by atoms with Gasteiger partial charge >= 0.3 is 0 Å². The highest BCUT2D eigenvalue weighted by atomic mass is 35.5. The molecular formula is C18H20ClN3O3S2. The van der Waals surface area contributed by atoms with E-state index in [9.17, 15) is 8.42 Å². The summed E-state index contributed by atoms with van der Waals surface area (Å²) in [6.07, 6.45) is 0. The predicted octanol–water partition coefficient (Wildman–Crippen LogP) is 3.06. The zero-order valence-electron chi connectivity index (χ0n) is 14.7. The lowest BCUT2D eigenvalue weighted by Crippen LogP contribution is -2.48. The second kappa shape index (κ2) is 8.12. The summed E-state index contributed by atoms with van der Waals surface area (Å²) in [5, 5.41) is 3.29. The maximum absolute atomic E-state index is 13.4. The van der Waals surface area contributed by atoms with E-state index in [0.717, 1.165) is 15.8 Å². The van der Waals surface area contributed by atoms with Crippen LogP contribution in [0.25, 0.3) is 10.2 Å². The van der Waals surface area contributed by atoms with Crippen LogP contribution in [0, 0.1) is 0 Å². The first-order valence-electron chi connectivity index (χ1n) is 8.30. The molecule has 0 spiro atoms. The molecule has 1 unspecified atom stereocenters. The third-order valence-corrected chi connectivity index (χ3v) is 7.30. The lowest BCUT2D eigenvalue weighted by molar-refractivity contribution is 0.264. The first kappa shape index (κ1) is 20.0. The SMILES string of the molecule is COc1ccccc1C1CNCCN1S(=O)(=O)c1ccc2ncsc2c1.Cl. The van der Waals surface area contributed by atoms with Crippen molar-refractivity contribution in [2.75, 3.05) is 26.7 Å². The Labute approximate surface area is 168 Å². The number of methoxy groups -OCH3 is 1. The second-order valence-corrected chi connectivity index (χ2v) is 8.84. The van der Waals surface area contributed by atoms with Crippen LogP contribution in [0.3, 0.4) is 0 Å². The quantitative estimate of drug-likeness (QED) is 0.695. The van der Waals surface area contributed by atoms with E-state index in [1.807, 2.05) is 24.3 Å². The van der Waals surface area contributed by atoms with Crippen LogP contribution in [0.2, 0.25) is 0 Å². The zero-order chi connectivity index (χ0) is 18.1. The molecule has 1 fully saturated rings. The molecule has 0 amide bonds. The van der Waals surface area contributed by atoms with Crippen molar-refractivity contribution in [3.05, 3.63) is 53.5 Å². The summed E-state index contributed by atoms with van der Waals surface area (Å²) in [6, 6.07) is 12.4. The Morgan fingerprint density at radius 1 is 1.26 bits per heavy atom. The maximum atomic E-state index is 13.4. The molecule has 1 N–H and O–H groups in total.